The fourth-order valence-electron chi connectivity index (χ4n) is 2.89. The smallest absolute Gasteiger partial charge is 0.433 e. The van der Waals surface area contributed by atoms with Crippen LogP contribution in [0.2, 0.25) is 0 Å². The quantitative estimate of drug-likeness (QED) is 0.697. The molecule has 0 radical (unpaired) electrons. The van der Waals surface area contributed by atoms with Crippen LogP contribution in [0, 0.1) is 5.82 Å². The first-order chi connectivity index (χ1) is 13.1. The Labute approximate surface area is 159 Å². The average molecular weight is 419 g/mol. The molecule has 1 aromatic carbocycles. The highest BCUT2D eigenvalue weighted by atomic mass is 32.2. The van der Waals surface area contributed by atoms with E-state index in [9.17, 15) is 26.0 Å². The average Bonchev–Trinajstić information content (AvgIpc) is 2.61. The van der Waals surface area contributed by atoms with Crippen molar-refractivity contribution in [1.82, 2.24) is 14.3 Å². The van der Waals surface area contributed by atoms with Gasteiger partial charge in [-0.25, -0.2) is 17.8 Å². The van der Waals surface area contributed by atoms with Crippen LogP contribution in [-0.4, -0.2) is 41.9 Å². The zero-order valence-corrected chi connectivity index (χ0v) is 15.4. The fourth-order valence-corrected chi connectivity index (χ4v) is 4.47. The molecule has 1 fully saturated rings. The largest absolute Gasteiger partial charge is 0.459 e. The van der Waals surface area contributed by atoms with E-state index in [0.717, 1.165) is 18.3 Å². The van der Waals surface area contributed by atoms with Crippen molar-refractivity contribution in [2.45, 2.75) is 30.9 Å². The molecule has 1 unspecified atom stereocenters. The van der Waals surface area contributed by atoms with Crippen LogP contribution in [0.5, 0.6) is 6.01 Å². The van der Waals surface area contributed by atoms with E-state index in [4.69, 9.17) is 4.74 Å². The third-order valence-electron chi connectivity index (χ3n) is 4.17. The summed E-state index contributed by atoms with van der Waals surface area (Å²) in [5, 5.41) is 0. The minimum atomic E-state index is -4.63. The molecule has 11 heteroatoms. The van der Waals surface area contributed by atoms with Gasteiger partial charge < -0.3 is 4.74 Å². The van der Waals surface area contributed by atoms with Crippen molar-refractivity contribution in [2.24, 2.45) is 0 Å². The molecular formula is C17H17F4N3O3S. The van der Waals surface area contributed by atoms with Crippen molar-refractivity contribution in [3.63, 3.8) is 0 Å². The second kappa shape index (κ2) is 8.00. The monoisotopic (exact) mass is 419 g/mol. The lowest BCUT2D eigenvalue weighted by Crippen LogP contribution is -2.44. The molecule has 0 bridgehead atoms. The molecule has 6 nitrogen and oxygen atoms in total. The number of benzene rings is 1. The van der Waals surface area contributed by atoms with Gasteiger partial charge in [-0.2, -0.15) is 22.5 Å². The van der Waals surface area contributed by atoms with Gasteiger partial charge in [0.05, 0.1) is 12.3 Å². The van der Waals surface area contributed by atoms with Gasteiger partial charge in [-0.05, 0) is 36.6 Å². The van der Waals surface area contributed by atoms with Crippen LogP contribution in [0.15, 0.2) is 36.5 Å². The first kappa shape index (κ1) is 20.5. The highest BCUT2D eigenvalue weighted by Gasteiger charge is 2.34. The lowest BCUT2D eigenvalue weighted by atomic mass is 10.1. The fraction of sp³-hybridized carbons (Fsp3) is 0.412. The lowest BCUT2D eigenvalue weighted by molar-refractivity contribution is -0.141. The van der Waals surface area contributed by atoms with Gasteiger partial charge in [-0.1, -0.05) is 12.1 Å². The zero-order valence-electron chi connectivity index (χ0n) is 14.6. The Morgan fingerprint density at radius 1 is 1.25 bits per heavy atom. The Bertz CT molecular complexity index is 937. The number of piperidine rings is 1. The van der Waals surface area contributed by atoms with E-state index in [-0.39, 0.29) is 18.8 Å². The Kier molecular flexibility index (Phi) is 5.84. The van der Waals surface area contributed by atoms with Gasteiger partial charge in [0.15, 0.2) is 5.69 Å². The number of rotatable bonds is 5. The summed E-state index contributed by atoms with van der Waals surface area (Å²) in [5.41, 5.74) is -0.826. The lowest BCUT2D eigenvalue weighted by Gasteiger charge is -2.31. The summed E-state index contributed by atoms with van der Waals surface area (Å²) >= 11 is 0. The summed E-state index contributed by atoms with van der Waals surface area (Å²) < 4.78 is 83.3. The molecule has 0 spiro atoms. The van der Waals surface area contributed by atoms with Gasteiger partial charge in [-0.3, -0.25) is 0 Å². The van der Waals surface area contributed by atoms with Crippen molar-refractivity contribution >= 4 is 10.0 Å². The van der Waals surface area contributed by atoms with E-state index < -0.39 is 39.8 Å². The van der Waals surface area contributed by atoms with E-state index in [2.05, 4.69) is 9.97 Å². The second-order valence-corrected chi connectivity index (χ2v) is 8.32. The summed E-state index contributed by atoms with van der Waals surface area (Å²) in [6.45, 7) is 0.207. The number of nitrogens with zero attached hydrogens (tertiary/aromatic N) is 3. The number of sulfonamides is 1. The molecule has 28 heavy (non-hydrogen) atoms. The molecule has 152 valence electrons. The molecule has 2 aromatic rings. The maximum atomic E-state index is 13.3. The first-order valence-electron chi connectivity index (χ1n) is 8.43. The highest BCUT2D eigenvalue weighted by molar-refractivity contribution is 7.88. The van der Waals surface area contributed by atoms with Gasteiger partial charge in [0, 0.05) is 12.7 Å². The van der Waals surface area contributed by atoms with Gasteiger partial charge in [0.2, 0.25) is 10.0 Å². The van der Waals surface area contributed by atoms with Gasteiger partial charge in [0.25, 0.3) is 0 Å². The van der Waals surface area contributed by atoms with Crippen molar-refractivity contribution in [3.05, 3.63) is 53.6 Å². The molecule has 1 atom stereocenters. The molecule has 3 rings (SSSR count). The Morgan fingerprint density at radius 3 is 2.75 bits per heavy atom. The number of aromatic nitrogens is 2. The number of halogens is 4. The van der Waals surface area contributed by atoms with Crippen molar-refractivity contribution in [3.8, 4) is 6.01 Å². The second-order valence-electron chi connectivity index (χ2n) is 6.35. The molecule has 1 saturated heterocycles. The molecule has 0 saturated carbocycles. The topological polar surface area (TPSA) is 72.4 Å². The normalized spacial score (nSPS) is 18.8. The number of hydrogen-bond acceptors (Lipinski definition) is 5. The van der Waals surface area contributed by atoms with E-state index in [1.807, 2.05) is 0 Å². The number of alkyl halides is 3. The van der Waals surface area contributed by atoms with E-state index >= 15 is 0 Å². The molecule has 2 heterocycles. The van der Waals surface area contributed by atoms with Gasteiger partial charge in [-0.15, -0.1) is 0 Å². The third-order valence-corrected chi connectivity index (χ3v) is 5.98. The van der Waals surface area contributed by atoms with E-state index in [0.29, 0.717) is 18.4 Å². The van der Waals surface area contributed by atoms with Crippen LogP contribution in [0.25, 0.3) is 0 Å². The molecule has 1 aliphatic rings. The van der Waals surface area contributed by atoms with Gasteiger partial charge in [0.1, 0.15) is 11.9 Å². The predicted molar refractivity (Wildman–Crippen MR) is 91.3 cm³/mol. The molecule has 1 aromatic heterocycles. The minimum Gasteiger partial charge on any atom is -0.459 e. The SMILES string of the molecule is O=S(=O)(Cc1cccc(F)c1)N1CCCC(Oc2nccc(C(F)(F)F)n2)C1. The van der Waals surface area contributed by atoms with Crippen LogP contribution in [0.1, 0.15) is 24.1 Å². The molecule has 0 amide bonds. The standard InChI is InChI=1S/C17H17F4N3O3S/c18-13-4-1-3-12(9-13)11-28(25,26)24-8-2-5-14(10-24)27-16-22-7-6-15(23-16)17(19,20)21/h1,3-4,6-7,9,14H,2,5,8,10-11H2. The van der Waals surface area contributed by atoms with Crippen molar-refractivity contribution in [2.75, 3.05) is 13.1 Å². The minimum absolute atomic E-state index is 0.0444. The first-order valence-corrected chi connectivity index (χ1v) is 10.0. The van der Waals surface area contributed by atoms with Gasteiger partial charge >= 0.3 is 12.2 Å². The Hall–Kier alpha value is -2.27. The molecule has 0 aliphatic carbocycles. The number of hydrogen-bond donors (Lipinski definition) is 0. The summed E-state index contributed by atoms with van der Waals surface area (Å²) in [6.07, 6.45) is -3.46. The van der Waals surface area contributed by atoms with Crippen molar-refractivity contribution in [1.29, 1.82) is 0 Å². The molecule has 0 N–H and O–H groups in total. The van der Waals surface area contributed by atoms with Crippen LogP contribution in [-0.2, 0) is 22.0 Å². The van der Waals surface area contributed by atoms with Crippen LogP contribution in [0.4, 0.5) is 17.6 Å². The molecule has 1 aliphatic heterocycles. The predicted octanol–water partition coefficient (Wildman–Crippen LogP) is 3.01. The molecular weight excluding hydrogens is 402 g/mol. The van der Waals surface area contributed by atoms with Crippen LogP contribution < -0.4 is 4.74 Å². The Morgan fingerprint density at radius 2 is 2.04 bits per heavy atom. The van der Waals surface area contributed by atoms with E-state index in [1.54, 1.807) is 0 Å². The summed E-state index contributed by atoms with van der Waals surface area (Å²) in [4.78, 5) is 7.00. The van der Waals surface area contributed by atoms with Crippen molar-refractivity contribution < 1.29 is 30.7 Å². The number of ether oxygens (including phenoxy) is 1. The van der Waals surface area contributed by atoms with Crippen LogP contribution >= 0.6 is 0 Å². The Balaban J connectivity index is 1.68. The summed E-state index contributed by atoms with van der Waals surface area (Å²) in [5.74, 6) is -0.911. The highest BCUT2D eigenvalue weighted by Crippen LogP contribution is 2.28. The zero-order chi connectivity index (χ0) is 20.4. The van der Waals surface area contributed by atoms with Crippen LogP contribution in [0.3, 0.4) is 0 Å². The third kappa shape index (κ3) is 5.16. The maximum absolute atomic E-state index is 13.3. The maximum Gasteiger partial charge on any atom is 0.433 e. The summed E-state index contributed by atoms with van der Waals surface area (Å²) in [7, 11) is -3.74. The van der Waals surface area contributed by atoms with E-state index in [1.165, 1.54) is 22.5 Å². The summed E-state index contributed by atoms with van der Waals surface area (Å²) in [6, 6.07) is 5.57.